The van der Waals surface area contributed by atoms with Crippen LogP contribution in [0.5, 0.6) is 0 Å². The summed E-state index contributed by atoms with van der Waals surface area (Å²) in [5.41, 5.74) is 2.84. The normalized spacial score (nSPS) is 18.6. The van der Waals surface area contributed by atoms with E-state index in [2.05, 4.69) is 62.3 Å². The number of hydrogen-bond acceptors (Lipinski definition) is 3. The molecule has 0 saturated carbocycles. The third kappa shape index (κ3) is 3.52. The summed E-state index contributed by atoms with van der Waals surface area (Å²) < 4.78 is 0. The van der Waals surface area contributed by atoms with Crippen molar-refractivity contribution in [1.29, 1.82) is 0 Å². The first-order valence-corrected chi connectivity index (χ1v) is 7.49. The summed E-state index contributed by atoms with van der Waals surface area (Å²) in [5, 5.41) is 4.45. The Kier molecular flexibility index (Phi) is 4.00. The number of rotatable bonds is 2. The summed E-state index contributed by atoms with van der Waals surface area (Å²) in [5.74, 6) is 1.71. The number of amidine groups is 1. The molecular formula is C15H22N2S. The molecule has 1 N–H and O–H groups in total. The fraction of sp³-hybridized carbons (Fsp3) is 0.533. The van der Waals surface area contributed by atoms with Crippen LogP contribution in [0.15, 0.2) is 29.3 Å². The van der Waals surface area contributed by atoms with Crippen molar-refractivity contribution >= 4 is 22.6 Å². The van der Waals surface area contributed by atoms with E-state index >= 15 is 0 Å². The van der Waals surface area contributed by atoms with Crippen molar-refractivity contribution in [2.45, 2.75) is 33.6 Å². The second-order valence-electron chi connectivity index (χ2n) is 5.98. The first kappa shape index (κ1) is 13.5. The highest BCUT2D eigenvalue weighted by Gasteiger charge is 2.23. The summed E-state index contributed by atoms with van der Waals surface area (Å²) in [6.07, 6.45) is 0. The van der Waals surface area contributed by atoms with E-state index in [9.17, 15) is 0 Å². The molecular weight excluding hydrogens is 240 g/mol. The van der Waals surface area contributed by atoms with Gasteiger partial charge in [-0.2, -0.15) is 0 Å². The minimum absolute atomic E-state index is 0.331. The van der Waals surface area contributed by atoms with Gasteiger partial charge in [0.05, 0.1) is 0 Å². The molecule has 0 amide bonds. The van der Waals surface area contributed by atoms with E-state index in [0.29, 0.717) is 11.3 Å². The molecule has 3 heteroatoms. The van der Waals surface area contributed by atoms with Gasteiger partial charge in [0.2, 0.25) is 0 Å². The van der Waals surface area contributed by atoms with Gasteiger partial charge >= 0.3 is 0 Å². The second kappa shape index (κ2) is 5.35. The molecule has 0 atom stereocenters. The molecule has 0 aliphatic carbocycles. The maximum Gasteiger partial charge on any atom is 0.161 e. The molecule has 0 unspecified atom stereocenters. The number of hydrogen-bond donors (Lipinski definition) is 1. The molecule has 1 aliphatic heterocycles. The molecule has 1 heterocycles. The third-order valence-electron chi connectivity index (χ3n) is 3.08. The van der Waals surface area contributed by atoms with Crippen LogP contribution in [0.2, 0.25) is 0 Å². The zero-order chi connectivity index (χ0) is 13.2. The van der Waals surface area contributed by atoms with E-state index in [1.165, 1.54) is 5.56 Å². The van der Waals surface area contributed by atoms with E-state index in [4.69, 9.17) is 0 Å². The minimum atomic E-state index is 0.331. The van der Waals surface area contributed by atoms with E-state index in [1.807, 2.05) is 11.8 Å². The molecule has 1 aromatic carbocycles. The standard InChI is InChI=1S/C15H22N2S/c1-11(2)12-5-7-13(8-6-12)17-14-16-9-15(3,4)10-18-14/h5-8,11H,9-10H2,1-4H3,(H,16,17). The fourth-order valence-electron chi connectivity index (χ4n) is 1.79. The van der Waals surface area contributed by atoms with Gasteiger partial charge in [0.25, 0.3) is 0 Å². The lowest BCUT2D eigenvalue weighted by atomic mass is 9.97. The zero-order valence-corrected chi connectivity index (χ0v) is 12.5. The van der Waals surface area contributed by atoms with Crippen LogP contribution in [0.4, 0.5) is 5.69 Å². The van der Waals surface area contributed by atoms with Crippen molar-refractivity contribution in [3.8, 4) is 0 Å². The number of aliphatic imine (C=N–C) groups is 1. The predicted octanol–water partition coefficient (Wildman–Crippen LogP) is 4.35. The summed E-state index contributed by atoms with van der Waals surface area (Å²) in [7, 11) is 0. The number of nitrogens with one attached hydrogen (secondary N) is 1. The lowest BCUT2D eigenvalue weighted by molar-refractivity contribution is 0.438. The Morgan fingerprint density at radius 1 is 1.22 bits per heavy atom. The van der Waals surface area contributed by atoms with E-state index in [0.717, 1.165) is 23.2 Å². The third-order valence-corrected chi connectivity index (χ3v) is 4.51. The quantitative estimate of drug-likeness (QED) is 0.857. The molecule has 0 radical (unpaired) electrons. The number of anilines is 1. The zero-order valence-electron chi connectivity index (χ0n) is 11.7. The molecule has 0 saturated heterocycles. The Morgan fingerprint density at radius 3 is 2.39 bits per heavy atom. The molecule has 18 heavy (non-hydrogen) atoms. The van der Waals surface area contributed by atoms with Crippen molar-refractivity contribution in [3.63, 3.8) is 0 Å². The Morgan fingerprint density at radius 2 is 1.89 bits per heavy atom. The van der Waals surface area contributed by atoms with Gasteiger partial charge < -0.3 is 5.32 Å². The average molecular weight is 262 g/mol. The van der Waals surface area contributed by atoms with Gasteiger partial charge in [-0.1, -0.05) is 51.6 Å². The van der Waals surface area contributed by atoms with Crippen LogP contribution in [-0.2, 0) is 0 Å². The summed E-state index contributed by atoms with van der Waals surface area (Å²) in [6.45, 7) is 9.86. The first-order valence-electron chi connectivity index (χ1n) is 6.50. The van der Waals surface area contributed by atoms with Crippen LogP contribution in [0, 0.1) is 5.41 Å². The van der Waals surface area contributed by atoms with Crippen LogP contribution in [0.3, 0.4) is 0 Å². The fourth-order valence-corrected chi connectivity index (χ4v) is 2.76. The Labute approximate surface area is 114 Å². The van der Waals surface area contributed by atoms with Gasteiger partial charge in [0, 0.05) is 18.0 Å². The second-order valence-corrected chi connectivity index (χ2v) is 6.94. The van der Waals surface area contributed by atoms with Crippen LogP contribution in [0.25, 0.3) is 0 Å². The van der Waals surface area contributed by atoms with Crippen LogP contribution >= 0.6 is 11.8 Å². The molecule has 2 nitrogen and oxygen atoms in total. The topological polar surface area (TPSA) is 24.4 Å². The smallest absolute Gasteiger partial charge is 0.161 e. The lowest BCUT2D eigenvalue weighted by Crippen LogP contribution is -2.27. The molecule has 98 valence electrons. The molecule has 1 aromatic rings. The van der Waals surface area contributed by atoms with Crippen molar-refractivity contribution in [3.05, 3.63) is 29.8 Å². The molecule has 0 fully saturated rings. The summed E-state index contributed by atoms with van der Waals surface area (Å²) in [4.78, 5) is 4.60. The van der Waals surface area contributed by atoms with Crippen LogP contribution in [-0.4, -0.2) is 17.5 Å². The molecule has 1 aliphatic rings. The van der Waals surface area contributed by atoms with Gasteiger partial charge in [0.15, 0.2) is 5.17 Å². The van der Waals surface area contributed by atoms with Gasteiger partial charge in [0.1, 0.15) is 0 Å². The average Bonchev–Trinajstić information content (AvgIpc) is 2.33. The maximum absolute atomic E-state index is 4.60. The minimum Gasteiger partial charge on any atom is -0.335 e. The Bertz CT molecular complexity index is 432. The van der Waals surface area contributed by atoms with Crippen LogP contribution in [0.1, 0.15) is 39.2 Å². The SMILES string of the molecule is CC(C)c1ccc(NC2=NCC(C)(C)CS2)cc1. The molecule has 0 spiro atoms. The Hall–Kier alpha value is -0.960. The first-order chi connectivity index (χ1) is 8.46. The lowest BCUT2D eigenvalue weighted by Gasteiger charge is -2.27. The monoisotopic (exact) mass is 262 g/mol. The number of thioether (sulfide) groups is 1. The van der Waals surface area contributed by atoms with E-state index in [-0.39, 0.29) is 0 Å². The van der Waals surface area contributed by atoms with Gasteiger partial charge in [-0.3, -0.25) is 4.99 Å². The van der Waals surface area contributed by atoms with Crippen molar-refractivity contribution in [2.24, 2.45) is 10.4 Å². The highest BCUT2D eigenvalue weighted by atomic mass is 32.2. The number of nitrogens with zero attached hydrogens (tertiary/aromatic N) is 1. The highest BCUT2D eigenvalue weighted by molar-refractivity contribution is 8.14. The molecule has 0 aromatic heterocycles. The van der Waals surface area contributed by atoms with Gasteiger partial charge in [-0.05, 0) is 29.0 Å². The molecule has 0 bridgehead atoms. The molecule has 2 rings (SSSR count). The predicted molar refractivity (Wildman–Crippen MR) is 82.7 cm³/mol. The number of benzene rings is 1. The maximum atomic E-state index is 4.60. The largest absolute Gasteiger partial charge is 0.335 e. The summed E-state index contributed by atoms with van der Waals surface area (Å²) >= 11 is 1.81. The van der Waals surface area contributed by atoms with Gasteiger partial charge in [-0.25, -0.2) is 0 Å². The van der Waals surface area contributed by atoms with E-state index in [1.54, 1.807) is 0 Å². The van der Waals surface area contributed by atoms with Crippen molar-refractivity contribution in [2.75, 3.05) is 17.6 Å². The van der Waals surface area contributed by atoms with Crippen LogP contribution < -0.4 is 5.32 Å². The van der Waals surface area contributed by atoms with Crippen molar-refractivity contribution in [1.82, 2.24) is 0 Å². The van der Waals surface area contributed by atoms with Gasteiger partial charge in [-0.15, -0.1) is 0 Å². The summed E-state index contributed by atoms with van der Waals surface area (Å²) in [6, 6.07) is 8.65. The Balaban J connectivity index is 2.00. The highest BCUT2D eigenvalue weighted by Crippen LogP contribution is 2.28. The van der Waals surface area contributed by atoms with Crippen molar-refractivity contribution < 1.29 is 0 Å². The van der Waals surface area contributed by atoms with E-state index < -0.39 is 0 Å².